The zero-order chi connectivity index (χ0) is 14.5. The minimum atomic E-state index is -4.45. The highest BCUT2D eigenvalue weighted by molar-refractivity contribution is 5.73. The SMILES string of the molecule is CCOC(=O)CC=Cc1cc(N)cc(C(F)(F)F)c1. The summed E-state index contributed by atoms with van der Waals surface area (Å²) < 4.78 is 42.3. The molecule has 2 N–H and O–H groups in total. The Balaban J connectivity index is 2.82. The molecule has 0 aliphatic carbocycles. The van der Waals surface area contributed by atoms with Crippen LogP contribution in [0.2, 0.25) is 0 Å². The van der Waals surface area contributed by atoms with Crippen molar-refractivity contribution in [2.24, 2.45) is 0 Å². The lowest BCUT2D eigenvalue weighted by Crippen LogP contribution is -2.06. The summed E-state index contributed by atoms with van der Waals surface area (Å²) in [7, 11) is 0. The molecule has 0 unspecified atom stereocenters. The van der Waals surface area contributed by atoms with Crippen molar-refractivity contribution in [3.63, 3.8) is 0 Å². The van der Waals surface area contributed by atoms with Crippen LogP contribution in [-0.2, 0) is 15.7 Å². The minimum Gasteiger partial charge on any atom is -0.466 e. The number of carbonyl (C=O) groups excluding carboxylic acids is 1. The first kappa shape index (κ1) is 15.1. The van der Waals surface area contributed by atoms with Gasteiger partial charge in [0.05, 0.1) is 18.6 Å². The van der Waals surface area contributed by atoms with Crippen LogP contribution in [0.5, 0.6) is 0 Å². The molecule has 0 aliphatic heterocycles. The van der Waals surface area contributed by atoms with E-state index < -0.39 is 17.7 Å². The number of ether oxygens (including phenoxy) is 1. The average Bonchev–Trinajstić information content (AvgIpc) is 2.27. The van der Waals surface area contributed by atoms with Crippen LogP contribution in [-0.4, -0.2) is 12.6 Å². The molecule has 0 radical (unpaired) electrons. The summed E-state index contributed by atoms with van der Waals surface area (Å²) in [5, 5.41) is 0. The van der Waals surface area contributed by atoms with E-state index in [1.54, 1.807) is 6.92 Å². The summed E-state index contributed by atoms with van der Waals surface area (Å²) in [4.78, 5) is 11.0. The lowest BCUT2D eigenvalue weighted by Gasteiger charge is -2.08. The predicted molar refractivity (Wildman–Crippen MR) is 66.1 cm³/mol. The number of hydrogen-bond donors (Lipinski definition) is 1. The Bertz CT molecular complexity index is 481. The van der Waals surface area contributed by atoms with Crippen LogP contribution in [0.15, 0.2) is 24.3 Å². The summed E-state index contributed by atoms with van der Waals surface area (Å²) in [5.41, 5.74) is 4.90. The highest BCUT2D eigenvalue weighted by Gasteiger charge is 2.30. The predicted octanol–water partition coefficient (Wildman–Crippen LogP) is 3.25. The van der Waals surface area contributed by atoms with Gasteiger partial charge in [0.2, 0.25) is 0 Å². The Hall–Kier alpha value is -1.98. The van der Waals surface area contributed by atoms with Crippen molar-refractivity contribution in [3.05, 3.63) is 35.4 Å². The van der Waals surface area contributed by atoms with E-state index in [0.717, 1.165) is 12.1 Å². The smallest absolute Gasteiger partial charge is 0.416 e. The first-order valence-electron chi connectivity index (χ1n) is 5.63. The van der Waals surface area contributed by atoms with Gasteiger partial charge in [-0.3, -0.25) is 4.79 Å². The molecule has 0 bridgehead atoms. The number of hydrogen-bond acceptors (Lipinski definition) is 3. The molecule has 1 aromatic rings. The number of anilines is 1. The normalized spacial score (nSPS) is 11.8. The largest absolute Gasteiger partial charge is 0.466 e. The lowest BCUT2D eigenvalue weighted by atomic mass is 10.1. The van der Waals surface area contributed by atoms with Gasteiger partial charge >= 0.3 is 12.1 Å². The van der Waals surface area contributed by atoms with Gasteiger partial charge in [-0.05, 0) is 30.7 Å². The van der Waals surface area contributed by atoms with Gasteiger partial charge in [-0.25, -0.2) is 0 Å². The van der Waals surface area contributed by atoms with Gasteiger partial charge in [0.15, 0.2) is 0 Å². The van der Waals surface area contributed by atoms with Gasteiger partial charge in [-0.2, -0.15) is 13.2 Å². The van der Waals surface area contributed by atoms with E-state index in [-0.39, 0.29) is 24.3 Å². The number of alkyl halides is 3. The maximum absolute atomic E-state index is 12.5. The fourth-order valence-electron chi connectivity index (χ4n) is 1.45. The van der Waals surface area contributed by atoms with Crippen molar-refractivity contribution >= 4 is 17.7 Å². The van der Waals surface area contributed by atoms with Gasteiger partial charge in [-0.1, -0.05) is 12.2 Å². The molecule has 0 aliphatic rings. The number of rotatable bonds is 4. The minimum absolute atomic E-state index is 0.00396. The van der Waals surface area contributed by atoms with Crippen molar-refractivity contribution in [2.45, 2.75) is 19.5 Å². The Morgan fingerprint density at radius 2 is 2.05 bits per heavy atom. The molecule has 6 heteroatoms. The van der Waals surface area contributed by atoms with Gasteiger partial charge in [0, 0.05) is 5.69 Å². The Kier molecular flexibility index (Phi) is 4.97. The molecule has 0 atom stereocenters. The summed E-state index contributed by atoms with van der Waals surface area (Å²) in [6.45, 7) is 1.94. The quantitative estimate of drug-likeness (QED) is 0.676. The number of nitrogen functional groups attached to an aromatic ring is 1. The Labute approximate surface area is 108 Å². The van der Waals surface area contributed by atoms with Crippen LogP contribution in [0.1, 0.15) is 24.5 Å². The molecule has 1 rings (SSSR count). The highest BCUT2D eigenvalue weighted by atomic mass is 19.4. The van der Waals surface area contributed by atoms with E-state index in [2.05, 4.69) is 4.74 Å². The number of carbonyl (C=O) groups is 1. The van der Waals surface area contributed by atoms with E-state index in [0.29, 0.717) is 0 Å². The molecule has 1 aromatic carbocycles. The van der Waals surface area contributed by atoms with Gasteiger partial charge in [0.25, 0.3) is 0 Å². The second-order valence-electron chi connectivity index (χ2n) is 3.80. The van der Waals surface area contributed by atoms with Crippen LogP contribution in [0.4, 0.5) is 18.9 Å². The number of esters is 1. The topological polar surface area (TPSA) is 52.3 Å². The third kappa shape index (κ3) is 5.03. The standard InChI is InChI=1S/C13H14F3NO2/c1-2-19-12(18)5-3-4-9-6-10(13(14,15)16)8-11(17)7-9/h3-4,6-8H,2,5,17H2,1H3. The molecule has 0 saturated heterocycles. The van der Waals surface area contributed by atoms with E-state index in [9.17, 15) is 18.0 Å². The summed E-state index contributed by atoms with van der Waals surface area (Å²) in [5.74, 6) is -0.432. The van der Waals surface area contributed by atoms with Crippen molar-refractivity contribution in [1.29, 1.82) is 0 Å². The molecular formula is C13H14F3NO2. The summed E-state index contributed by atoms with van der Waals surface area (Å²) >= 11 is 0. The lowest BCUT2D eigenvalue weighted by molar-refractivity contribution is -0.142. The van der Waals surface area contributed by atoms with Crippen molar-refractivity contribution in [2.75, 3.05) is 12.3 Å². The maximum atomic E-state index is 12.5. The summed E-state index contributed by atoms with van der Waals surface area (Å²) in [6.07, 6.45) is -1.60. The molecule has 3 nitrogen and oxygen atoms in total. The molecule has 0 fully saturated rings. The second kappa shape index (κ2) is 6.26. The fraction of sp³-hybridized carbons (Fsp3) is 0.308. The molecular weight excluding hydrogens is 259 g/mol. The molecule has 0 saturated carbocycles. The highest BCUT2D eigenvalue weighted by Crippen LogP contribution is 2.31. The van der Waals surface area contributed by atoms with E-state index >= 15 is 0 Å². The van der Waals surface area contributed by atoms with Gasteiger partial charge in [-0.15, -0.1) is 0 Å². The molecule has 0 aromatic heterocycles. The number of benzene rings is 1. The molecule has 0 spiro atoms. The second-order valence-corrected chi connectivity index (χ2v) is 3.80. The van der Waals surface area contributed by atoms with Crippen LogP contribution < -0.4 is 5.73 Å². The van der Waals surface area contributed by atoms with Crippen LogP contribution in [0.25, 0.3) is 6.08 Å². The fourth-order valence-corrected chi connectivity index (χ4v) is 1.45. The van der Waals surface area contributed by atoms with Crippen molar-refractivity contribution in [1.82, 2.24) is 0 Å². The van der Waals surface area contributed by atoms with E-state index in [1.807, 2.05) is 0 Å². The van der Waals surface area contributed by atoms with Crippen LogP contribution >= 0.6 is 0 Å². The number of halogens is 3. The maximum Gasteiger partial charge on any atom is 0.416 e. The third-order valence-electron chi connectivity index (χ3n) is 2.21. The van der Waals surface area contributed by atoms with Crippen LogP contribution in [0.3, 0.4) is 0 Å². The van der Waals surface area contributed by atoms with Crippen molar-refractivity contribution < 1.29 is 22.7 Å². The Morgan fingerprint density at radius 1 is 1.37 bits per heavy atom. The Morgan fingerprint density at radius 3 is 2.63 bits per heavy atom. The zero-order valence-electron chi connectivity index (χ0n) is 10.3. The zero-order valence-corrected chi connectivity index (χ0v) is 10.3. The first-order valence-corrected chi connectivity index (χ1v) is 5.63. The monoisotopic (exact) mass is 273 g/mol. The van der Waals surface area contributed by atoms with E-state index in [1.165, 1.54) is 18.2 Å². The molecule has 0 heterocycles. The van der Waals surface area contributed by atoms with Crippen molar-refractivity contribution in [3.8, 4) is 0 Å². The first-order chi connectivity index (χ1) is 8.82. The van der Waals surface area contributed by atoms with Gasteiger partial charge < -0.3 is 10.5 Å². The third-order valence-corrected chi connectivity index (χ3v) is 2.21. The van der Waals surface area contributed by atoms with Gasteiger partial charge in [0.1, 0.15) is 0 Å². The molecule has 104 valence electrons. The van der Waals surface area contributed by atoms with Crippen LogP contribution in [0, 0.1) is 0 Å². The average molecular weight is 273 g/mol. The van der Waals surface area contributed by atoms with E-state index in [4.69, 9.17) is 5.73 Å². The number of nitrogens with two attached hydrogens (primary N) is 1. The molecule has 0 amide bonds. The summed E-state index contributed by atoms with van der Waals surface area (Å²) in [6, 6.07) is 3.23. The molecule has 19 heavy (non-hydrogen) atoms.